The van der Waals surface area contributed by atoms with Crippen molar-refractivity contribution in [2.24, 2.45) is 0 Å². The molecule has 0 aliphatic heterocycles. The van der Waals surface area contributed by atoms with Gasteiger partial charge in [-0.15, -0.1) is 0 Å². The molecule has 0 saturated heterocycles. The largest absolute Gasteiger partial charge is 0.467 e. The molecular formula is C21H21N3O5. The van der Waals surface area contributed by atoms with Crippen LogP contribution in [0.1, 0.15) is 39.5 Å². The Morgan fingerprint density at radius 3 is 2.38 bits per heavy atom. The van der Waals surface area contributed by atoms with Gasteiger partial charge in [0.25, 0.3) is 11.8 Å². The first kappa shape index (κ1) is 19.9. The molecule has 0 unspecified atom stereocenters. The van der Waals surface area contributed by atoms with Crippen LogP contribution in [0.4, 0.5) is 5.69 Å². The summed E-state index contributed by atoms with van der Waals surface area (Å²) in [4.78, 5) is 36.4. The zero-order valence-corrected chi connectivity index (χ0v) is 15.6. The quantitative estimate of drug-likeness (QED) is 0.482. The molecule has 8 heteroatoms. The van der Waals surface area contributed by atoms with Gasteiger partial charge in [-0.2, -0.15) is 0 Å². The molecule has 3 N–H and O–H groups in total. The summed E-state index contributed by atoms with van der Waals surface area (Å²) in [6.07, 6.45) is 3.60. The van der Waals surface area contributed by atoms with E-state index in [1.165, 1.54) is 12.5 Å². The highest BCUT2D eigenvalue weighted by atomic mass is 16.3. The summed E-state index contributed by atoms with van der Waals surface area (Å²) in [6.45, 7) is 0.585. The van der Waals surface area contributed by atoms with E-state index in [0.29, 0.717) is 30.0 Å². The lowest BCUT2D eigenvalue weighted by molar-refractivity contribution is -0.116. The van der Waals surface area contributed by atoms with E-state index in [9.17, 15) is 14.4 Å². The van der Waals surface area contributed by atoms with Crippen LogP contribution in [0.5, 0.6) is 0 Å². The number of hydrogen-bond donors (Lipinski definition) is 3. The Hall–Kier alpha value is -3.81. The molecular weight excluding hydrogens is 374 g/mol. The maximum absolute atomic E-state index is 12.4. The Bertz CT molecular complexity index is 949. The van der Waals surface area contributed by atoms with Gasteiger partial charge in [-0.1, -0.05) is 12.1 Å². The fourth-order valence-electron chi connectivity index (χ4n) is 2.62. The van der Waals surface area contributed by atoms with Gasteiger partial charge in [0.2, 0.25) is 5.91 Å². The Balaban J connectivity index is 1.46. The Kier molecular flexibility index (Phi) is 6.83. The molecule has 2 heterocycles. The predicted octanol–water partition coefficient (Wildman–Crippen LogP) is 2.95. The highest BCUT2D eigenvalue weighted by Gasteiger charge is 2.13. The Morgan fingerprint density at radius 2 is 1.62 bits per heavy atom. The minimum atomic E-state index is -0.325. The fraction of sp³-hybridized carbons (Fsp3) is 0.190. The van der Waals surface area contributed by atoms with Gasteiger partial charge in [0.05, 0.1) is 30.3 Å². The van der Waals surface area contributed by atoms with E-state index in [0.717, 1.165) is 0 Å². The molecule has 2 aromatic heterocycles. The number of para-hydroxylation sites is 1. The van der Waals surface area contributed by atoms with Gasteiger partial charge in [-0.05, 0) is 42.8 Å². The van der Waals surface area contributed by atoms with Crippen LogP contribution in [0.25, 0.3) is 0 Å². The summed E-state index contributed by atoms with van der Waals surface area (Å²) in [5.41, 5.74) is 0.785. The summed E-state index contributed by atoms with van der Waals surface area (Å²) >= 11 is 0. The second-order valence-electron chi connectivity index (χ2n) is 6.19. The van der Waals surface area contributed by atoms with Crippen molar-refractivity contribution in [3.63, 3.8) is 0 Å². The van der Waals surface area contributed by atoms with Crippen LogP contribution in [-0.2, 0) is 11.3 Å². The third kappa shape index (κ3) is 5.83. The van der Waals surface area contributed by atoms with Gasteiger partial charge in [0.1, 0.15) is 5.76 Å². The van der Waals surface area contributed by atoms with E-state index in [1.807, 2.05) is 0 Å². The number of carbonyl (C=O) groups is 3. The lowest BCUT2D eigenvalue weighted by atomic mass is 10.1. The normalized spacial score (nSPS) is 10.3. The topological polar surface area (TPSA) is 114 Å². The third-order valence-corrected chi connectivity index (χ3v) is 4.06. The van der Waals surface area contributed by atoms with E-state index in [-0.39, 0.29) is 36.4 Å². The van der Waals surface area contributed by atoms with Crippen LogP contribution in [0, 0.1) is 0 Å². The second-order valence-corrected chi connectivity index (χ2v) is 6.19. The molecule has 8 nitrogen and oxygen atoms in total. The van der Waals surface area contributed by atoms with Gasteiger partial charge < -0.3 is 24.8 Å². The molecule has 0 aliphatic rings. The molecule has 0 bridgehead atoms. The van der Waals surface area contributed by atoms with Gasteiger partial charge in [-0.25, -0.2) is 0 Å². The molecule has 0 spiro atoms. The average molecular weight is 395 g/mol. The van der Waals surface area contributed by atoms with Crippen molar-refractivity contribution >= 4 is 23.4 Å². The lowest BCUT2D eigenvalue weighted by Crippen LogP contribution is -2.26. The van der Waals surface area contributed by atoms with Crippen molar-refractivity contribution in [3.8, 4) is 0 Å². The fourth-order valence-corrected chi connectivity index (χ4v) is 2.62. The molecule has 0 aliphatic carbocycles. The average Bonchev–Trinajstić information content (AvgIpc) is 3.44. The summed E-state index contributed by atoms with van der Waals surface area (Å²) in [5, 5.41) is 8.18. The standard InChI is InChI=1S/C21H21N3O5/c25-19(10-3-11-22-21(27)18-9-5-13-29-18)24-17-8-2-1-7-16(17)20(26)23-14-15-6-4-12-28-15/h1-2,4-9,12-13H,3,10-11,14H2,(H,22,27)(H,23,26)(H,24,25). The monoisotopic (exact) mass is 395 g/mol. The second kappa shape index (κ2) is 9.93. The van der Waals surface area contributed by atoms with Crippen molar-refractivity contribution in [1.29, 1.82) is 0 Å². The predicted molar refractivity (Wildman–Crippen MR) is 105 cm³/mol. The van der Waals surface area contributed by atoms with Crippen LogP contribution in [-0.4, -0.2) is 24.3 Å². The number of benzene rings is 1. The lowest BCUT2D eigenvalue weighted by Gasteiger charge is -2.11. The number of nitrogens with one attached hydrogen (secondary N) is 3. The van der Waals surface area contributed by atoms with Gasteiger partial charge in [0, 0.05) is 13.0 Å². The summed E-state index contributed by atoms with van der Waals surface area (Å²) in [5.74, 6) is -0.0269. The van der Waals surface area contributed by atoms with E-state index >= 15 is 0 Å². The molecule has 0 atom stereocenters. The SMILES string of the molecule is O=C(CCCNC(=O)c1ccco1)Nc1ccccc1C(=O)NCc1ccco1. The van der Waals surface area contributed by atoms with Crippen molar-refractivity contribution in [2.75, 3.05) is 11.9 Å². The van der Waals surface area contributed by atoms with Crippen LogP contribution in [0.15, 0.2) is 69.9 Å². The van der Waals surface area contributed by atoms with E-state index in [4.69, 9.17) is 8.83 Å². The van der Waals surface area contributed by atoms with Crippen molar-refractivity contribution in [3.05, 3.63) is 78.1 Å². The highest BCUT2D eigenvalue weighted by molar-refractivity contribution is 6.03. The molecule has 150 valence electrons. The molecule has 3 aromatic rings. The molecule has 3 rings (SSSR count). The molecule has 0 radical (unpaired) electrons. The molecule has 3 amide bonds. The highest BCUT2D eigenvalue weighted by Crippen LogP contribution is 2.16. The first-order chi connectivity index (χ1) is 14.1. The summed E-state index contributed by atoms with van der Waals surface area (Å²) in [6, 6.07) is 13.5. The molecule has 29 heavy (non-hydrogen) atoms. The number of furan rings is 2. The maximum Gasteiger partial charge on any atom is 0.286 e. The number of amides is 3. The van der Waals surface area contributed by atoms with Crippen LogP contribution >= 0.6 is 0 Å². The van der Waals surface area contributed by atoms with E-state index < -0.39 is 0 Å². The van der Waals surface area contributed by atoms with Crippen LogP contribution in [0.3, 0.4) is 0 Å². The Morgan fingerprint density at radius 1 is 0.828 bits per heavy atom. The van der Waals surface area contributed by atoms with Crippen molar-refractivity contribution in [1.82, 2.24) is 10.6 Å². The molecule has 0 saturated carbocycles. The third-order valence-electron chi connectivity index (χ3n) is 4.06. The van der Waals surface area contributed by atoms with Crippen molar-refractivity contribution in [2.45, 2.75) is 19.4 Å². The van der Waals surface area contributed by atoms with Gasteiger partial charge in [0.15, 0.2) is 5.76 Å². The summed E-state index contributed by atoms with van der Waals surface area (Å²) < 4.78 is 10.2. The molecule has 0 fully saturated rings. The number of rotatable bonds is 9. The van der Waals surface area contributed by atoms with Crippen LogP contribution < -0.4 is 16.0 Å². The first-order valence-electron chi connectivity index (χ1n) is 9.14. The van der Waals surface area contributed by atoms with E-state index in [2.05, 4.69) is 16.0 Å². The minimum absolute atomic E-state index is 0.195. The van der Waals surface area contributed by atoms with E-state index in [1.54, 1.807) is 48.5 Å². The number of hydrogen-bond acceptors (Lipinski definition) is 5. The molecule has 1 aromatic carbocycles. The smallest absolute Gasteiger partial charge is 0.286 e. The minimum Gasteiger partial charge on any atom is -0.467 e. The zero-order chi connectivity index (χ0) is 20.5. The van der Waals surface area contributed by atoms with Crippen molar-refractivity contribution < 1.29 is 23.2 Å². The van der Waals surface area contributed by atoms with Gasteiger partial charge in [-0.3, -0.25) is 14.4 Å². The van der Waals surface area contributed by atoms with Crippen LogP contribution in [0.2, 0.25) is 0 Å². The summed E-state index contributed by atoms with van der Waals surface area (Å²) in [7, 11) is 0. The Labute approximate surface area is 167 Å². The first-order valence-corrected chi connectivity index (χ1v) is 9.14. The van der Waals surface area contributed by atoms with Gasteiger partial charge >= 0.3 is 0 Å². The maximum atomic E-state index is 12.4. The number of anilines is 1. The zero-order valence-electron chi connectivity index (χ0n) is 15.6. The number of carbonyl (C=O) groups excluding carboxylic acids is 3.